The molecule has 2 rings (SSSR count). The minimum Gasteiger partial charge on any atom is -0.392 e. The second-order valence-corrected chi connectivity index (χ2v) is 6.17. The van der Waals surface area contributed by atoms with Crippen molar-refractivity contribution in [3.63, 3.8) is 0 Å². The molecule has 0 spiro atoms. The van der Waals surface area contributed by atoms with Crippen molar-refractivity contribution >= 4 is 5.91 Å². The van der Waals surface area contributed by atoms with Crippen molar-refractivity contribution in [3.8, 4) is 0 Å². The quantitative estimate of drug-likeness (QED) is 0.901. The fraction of sp³-hybridized carbons (Fsp3) is 0.588. The summed E-state index contributed by atoms with van der Waals surface area (Å²) in [5, 5.41) is 10.5. The van der Waals surface area contributed by atoms with Gasteiger partial charge in [0.05, 0.1) is 24.7 Å². The SMILES string of the molecule is CC(C)(C(=O)N1CCOCC1)C(O)CCc1ccccc1. The zero-order valence-corrected chi connectivity index (χ0v) is 12.9. The molecule has 0 saturated carbocycles. The van der Waals surface area contributed by atoms with Gasteiger partial charge in [0, 0.05) is 13.1 Å². The molecule has 0 radical (unpaired) electrons. The average molecular weight is 291 g/mol. The van der Waals surface area contributed by atoms with Gasteiger partial charge in [0.2, 0.25) is 5.91 Å². The van der Waals surface area contributed by atoms with Crippen LogP contribution >= 0.6 is 0 Å². The van der Waals surface area contributed by atoms with E-state index in [0.29, 0.717) is 32.7 Å². The molecule has 1 atom stereocenters. The summed E-state index contributed by atoms with van der Waals surface area (Å²) in [6, 6.07) is 10.1. The van der Waals surface area contributed by atoms with Gasteiger partial charge in [-0.3, -0.25) is 4.79 Å². The number of carbonyl (C=O) groups excluding carboxylic acids is 1. The normalized spacial score (nSPS) is 17.6. The summed E-state index contributed by atoms with van der Waals surface area (Å²) in [6.45, 7) is 6.08. The number of aryl methyl sites for hydroxylation is 1. The largest absolute Gasteiger partial charge is 0.392 e. The molecule has 1 aromatic carbocycles. The van der Waals surface area contributed by atoms with Gasteiger partial charge < -0.3 is 14.7 Å². The number of benzene rings is 1. The standard InChI is InChI=1S/C17H25NO3/c1-17(2,16(20)18-10-12-21-13-11-18)15(19)9-8-14-6-4-3-5-7-14/h3-7,15,19H,8-13H2,1-2H3. The molecule has 1 aromatic rings. The third-order valence-corrected chi connectivity index (χ3v) is 4.23. The summed E-state index contributed by atoms with van der Waals surface area (Å²) >= 11 is 0. The molecule has 1 saturated heterocycles. The highest BCUT2D eigenvalue weighted by molar-refractivity contribution is 5.82. The first-order chi connectivity index (χ1) is 10.0. The van der Waals surface area contributed by atoms with E-state index >= 15 is 0 Å². The first-order valence-corrected chi connectivity index (χ1v) is 7.61. The number of nitrogens with zero attached hydrogens (tertiary/aromatic N) is 1. The number of hydrogen-bond donors (Lipinski definition) is 1. The Kier molecular flexibility index (Phi) is 5.37. The zero-order chi connectivity index (χ0) is 15.3. The van der Waals surface area contributed by atoms with Crippen molar-refractivity contribution in [1.29, 1.82) is 0 Å². The van der Waals surface area contributed by atoms with Crippen LogP contribution in [-0.4, -0.2) is 48.3 Å². The van der Waals surface area contributed by atoms with E-state index in [1.165, 1.54) is 5.56 Å². The minimum absolute atomic E-state index is 0.0198. The highest BCUT2D eigenvalue weighted by atomic mass is 16.5. The highest BCUT2D eigenvalue weighted by Crippen LogP contribution is 2.27. The Bertz CT molecular complexity index is 452. The van der Waals surface area contributed by atoms with Gasteiger partial charge in [0.25, 0.3) is 0 Å². The van der Waals surface area contributed by atoms with Crippen LogP contribution in [0.5, 0.6) is 0 Å². The number of morpholine rings is 1. The Labute approximate surface area is 126 Å². The number of rotatable bonds is 5. The van der Waals surface area contributed by atoms with Gasteiger partial charge in [0.15, 0.2) is 0 Å². The van der Waals surface area contributed by atoms with Gasteiger partial charge in [-0.2, -0.15) is 0 Å². The summed E-state index contributed by atoms with van der Waals surface area (Å²) in [5.41, 5.74) is 0.428. The third-order valence-electron chi connectivity index (χ3n) is 4.23. The van der Waals surface area contributed by atoms with E-state index in [1.807, 2.05) is 44.2 Å². The van der Waals surface area contributed by atoms with Crippen molar-refractivity contribution in [3.05, 3.63) is 35.9 Å². The summed E-state index contributed by atoms with van der Waals surface area (Å²) < 4.78 is 5.27. The topological polar surface area (TPSA) is 49.8 Å². The van der Waals surface area contributed by atoms with Gasteiger partial charge in [-0.25, -0.2) is 0 Å². The van der Waals surface area contributed by atoms with Crippen LogP contribution in [0.25, 0.3) is 0 Å². The molecule has 0 aliphatic carbocycles. The van der Waals surface area contributed by atoms with E-state index in [9.17, 15) is 9.90 Å². The zero-order valence-electron chi connectivity index (χ0n) is 12.9. The maximum Gasteiger partial charge on any atom is 0.231 e. The molecule has 0 aromatic heterocycles. The van der Waals surface area contributed by atoms with E-state index < -0.39 is 11.5 Å². The number of ether oxygens (including phenoxy) is 1. The molecular weight excluding hydrogens is 266 g/mol. The fourth-order valence-corrected chi connectivity index (χ4v) is 2.63. The number of aliphatic hydroxyl groups is 1. The Balaban J connectivity index is 1.92. The van der Waals surface area contributed by atoms with Crippen LogP contribution in [-0.2, 0) is 16.0 Å². The summed E-state index contributed by atoms with van der Waals surface area (Å²) in [7, 11) is 0. The van der Waals surface area contributed by atoms with Crippen LogP contribution in [0, 0.1) is 5.41 Å². The van der Waals surface area contributed by atoms with Crippen LogP contribution < -0.4 is 0 Å². The molecule has 4 heteroatoms. The molecule has 1 amide bonds. The lowest BCUT2D eigenvalue weighted by atomic mass is 9.82. The van der Waals surface area contributed by atoms with E-state index in [4.69, 9.17) is 4.74 Å². The van der Waals surface area contributed by atoms with Crippen LogP contribution in [0.1, 0.15) is 25.8 Å². The van der Waals surface area contributed by atoms with Crippen LogP contribution in [0.15, 0.2) is 30.3 Å². The molecule has 21 heavy (non-hydrogen) atoms. The molecule has 4 nitrogen and oxygen atoms in total. The maximum absolute atomic E-state index is 12.6. The number of amides is 1. The lowest BCUT2D eigenvalue weighted by Crippen LogP contribution is -2.50. The van der Waals surface area contributed by atoms with Gasteiger partial charge in [-0.15, -0.1) is 0 Å². The molecule has 116 valence electrons. The Morgan fingerprint density at radius 2 is 1.90 bits per heavy atom. The van der Waals surface area contributed by atoms with Crippen molar-refractivity contribution in [2.75, 3.05) is 26.3 Å². The first kappa shape index (κ1) is 16.0. The lowest BCUT2D eigenvalue weighted by molar-refractivity contribution is -0.151. The highest BCUT2D eigenvalue weighted by Gasteiger charge is 2.38. The second-order valence-electron chi connectivity index (χ2n) is 6.17. The van der Waals surface area contributed by atoms with Crippen LogP contribution in [0.4, 0.5) is 0 Å². The van der Waals surface area contributed by atoms with Gasteiger partial charge in [-0.05, 0) is 32.3 Å². The molecular formula is C17H25NO3. The van der Waals surface area contributed by atoms with Crippen LogP contribution in [0.3, 0.4) is 0 Å². The van der Waals surface area contributed by atoms with Crippen molar-refractivity contribution in [2.24, 2.45) is 5.41 Å². The summed E-state index contributed by atoms with van der Waals surface area (Å²) in [6.07, 6.45) is 0.725. The van der Waals surface area contributed by atoms with Gasteiger partial charge in [0.1, 0.15) is 0 Å². The molecule has 1 aliphatic heterocycles. The van der Waals surface area contributed by atoms with E-state index in [-0.39, 0.29) is 5.91 Å². The first-order valence-electron chi connectivity index (χ1n) is 7.61. The van der Waals surface area contributed by atoms with Gasteiger partial charge >= 0.3 is 0 Å². The Morgan fingerprint density at radius 3 is 2.52 bits per heavy atom. The van der Waals surface area contributed by atoms with Gasteiger partial charge in [-0.1, -0.05) is 30.3 Å². The van der Waals surface area contributed by atoms with Crippen molar-refractivity contribution < 1.29 is 14.6 Å². The Morgan fingerprint density at radius 1 is 1.29 bits per heavy atom. The number of hydrogen-bond acceptors (Lipinski definition) is 3. The molecule has 1 N–H and O–H groups in total. The monoisotopic (exact) mass is 291 g/mol. The van der Waals surface area contributed by atoms with Crippen molar-refractivity contribution in [1.82, 2.24) is 4.90 Å². The molecule has 1 fully saturated rings. The van der Waals surface area contributed by atoms with Crippen molar-refractivity contribution in [2.45, 2.75) is 32.8 Å². The molecule has 1 aliphatic rings. The molecule has 1 heterocycles. The predicted molar refractivity (Wildman–Crippen MR) is 81.9 cm³/mol. The van der Waals surface area contributed by atoms with E-state index in [2.05, 4.69) is 0 Å². The Hall–Kier alpha value is -1.39. The smallest absolute Gasteiger partial charge is 0.231 e. The number of carbonyl (C=O) groups is 1. The van der Waals surface area contributed by atoms with Crippen LogP contribution in [0.2, 0.25) is 0 Å². The predicted octanol–water partition coefficient (Wildman–Crippen LogP) is 1.87. The third kappa shape index (κ3) is 4.05. The maximum atomic E-state index is 12.6. The van der Waals surface area contributed by atoms with E-state index in [0.717, 1.165) is 6.42 Å². The number of aliphatic hydroxyl groups excluding tert-OH is 1. The molecule has 0 bridgehead atoms. The second kappa shape index (κ2) is 7.05. The average Bonchev–Trinajstić information content (AvgIpc) is 2.53. The minimum atomic E-state index is -0.758. The fourth-order valence-electron chi connectivity index (χ4n) is 2.63. The summed E-state index contributed by atoms with van der Waals surface area (Å²) in [5.74, 6) is 0.0198. The lowest BCUT2D eigenvalue weighted by Gasteiger charge is -2.36. The summed E-state index contributed by atoms with van der Waals surface area (Å²) in [4.78, 5) is 14.4. The van der Waals surface area contributed by atoms with E-state index in [1.54, 1.807) is 4.90 Å². The molecule has 1 unspecified atom stereocenters.